The molecule has 0 fully saturated rings. The molecular formula is C10H22S. The first kappa shape index (κ1) is 11.4. The highest BCUT2D eigenvalue weighted by molar-refractivity contribution is 7.99. The van der Waals surface area contributed by atoms with Crippen molar-refractivity contribution in [2.75, 3.05) is 5.75 Å². The lowest BCUT2D eigenvalue weighted by molar-refractivity contribution is 0.591. The molecule has 0 heterocycles. The average Bonchev–Trinajstić information content (AvgIpc) is 1.87. The summed E-state index contributed by atoms with van der Waals surface area (Å²) in [5.41, 5.74) is 0. The maximum absolute atomic E-state index is 2.32. The molecule has 0 saturated heterocycles. The monoisotopic (exact) mass is 174 g/mol. The summed E-state index contributed by atoms with van der Waals surface area (Å²) in [5.74, 6) is 2.99. The molecule has 1 atom stereocenters. The normalized spacial score (nSPS) is 14.5. The van der Waals surface area contributed by atoms with Crippen molar-refractivity contribution in [1.82, 2.24) is 0 Å². The smallest absolute Gasteiger partial charge is 0.00675 e. The molecule has 0 N–H and O–H groups in total. The van der Waals surface area contributed by atoms with Crippen LogP contribution < -0.4 is 0 Å². The molecule has 0 aliphatic rings. The fourth-order valence-electron chi connectivity index (χ4n) is 1.10. The first-order valence-corrected chi connectivity index (χ1v) is 5.74. The lowest BCUT2D eigenvalue weighted by Gasteiger charge is -2.19. The predicted molar refractivity (Wildman–Crippen MR) is 56.2 cm³/mol. The molecule has 0 saturated carbocycles. The molecule has 0 aliphatic carbocycles. The van der Waals surface area contributed by atoms with Crippen LogP contribution >= 0.6 is 11.8 Å². The van der Waals surface area contributed by atoms with Crippen LogP contribution in [0, 0.1) is 11.8 Å². The van der Waals surface area contributed by atoms with Gasteiger partial charge in [0.15, 0.2) is 0 Å². The first-order chi connectivity index (χ1) is 5.07. The van der Waals surface area contributed by atoms with Gasteiger partial charge in [-0.15, -0.1) is 0 Å². The summed E-state index contributed by atoms with van der Waals surface area (Å²) < 4.78 is 0. The van der Waals surface area contributed by atoms with E-state index in [-0.39, 0.29) is 0 Å². The third-order valence-corrected chi connectivity index (χ3v) is 3.95. The summed E-state index contributed by atoms with van der Waals surface area (Å²) in [6.45, 7) is 11.5. The Hall–Kier alpha value is 0.350. The van der Waals surface area contributed by atoms with Gasteiger partial charge in [-0.2, -0.15) is 11.8 Å². The number of hydrogen-bond acceptors (Lipinski definition) is 1. The lowest BCUT2D eigenvalue weighted by atomic mass is 10.1. The zero-order valence-electron chi connectivity index (χ0n) is 8.55. The Morgan fingerprint density at radius 1 is 1.09 bits per heavy atom. The topological polar surface area (TPSA) is 0 Å². The molecule has 1 unspecified atom stereocenters. The van der Waals surface area contributed by atoms with E-state index >= 15 is 0 Å². The molecule has 0 aromatic heterocycles. The Kier molecular flexibility index (Phi) is 6.12. The fraction of sp³-hybridized carbons (Fsp3) is 1.00. The predicted octanol–water partition coefficient (Wildman–Crippen LogP) is 3.81. The quantitative estimate of drug-likeness (QED) is 0.611. The Morgan fingerprint density at radius 3 is 1.91 bits per heavy atom. The molecule has 0 spiro atoms. The third-order valence-electron chi connectivity index (χ3n) is 1.79. The van der Waals surface area contributed by atoms with Crippen molar-refractivity contribution < 1.29 is 0 Å². The van der Waals surface area contributed by atoms with Crippen molar-refractivity contribution in [3.63, 3.8) is 0 Å². The minimum Gasteiger partial charge on any atom is -0.158 e. The van der Waals surface area contributed by atoms with Crippen LogP contribution in [-0.4, -0.2) is 11.0 Å². The molecule has 68 valence electrons. The van der Waals surface area contributed by atoms with Gasteiger partial charge in [-0.25, -0.2) is 0 Å². The van der Waals surface area contributed by atoms with E-state index in [0.717, 1.165) is 17.1 Å². The second-order valence-electron chi connectivity index (χ2n) is 3.92. The average molecular weight is 174 g/mol. The molecule has 0 aromatic rings. The molecular weight excluding hydrogens is 152 g/mol. The van der Waals surface area contributed by atoms with E-state index in [0.29, 0.717) is 0 Å². The van der Waals surface area contributed by atoms with Gasteiger partial charge in [-0.05, 0) is 24.0 Å². The van der Waals surface area contributed by atoms with Crippen LogP contribution in [0.15, 0.2) is 0 Å². The van der Waals surface area contributed by atoms with Gasteiger partial charge in [0.1, 0.15) is 0 Å². The summed E-state index contributed by atoms with van der Waals surface area (Å²) in [7, 11) is 0. The molecule has 0 aromatic carbocycles. The SMILES string of the molecule is CCC(SCC(C)C)C(C)C. The van der Waals surface area contributed by atoms with Crippen molar-refractivity contribution in [3.05, 3.63) is 0 Å². The minimum absolute atomic E-state index is 0.837. The molecule has 0 nitrogen and oxygen atoms in total. The van der Waals surface area contributed by atoms with Crippen molar-refractivity contribution in [2.45, 2.75) is 46.3 Å². The standard InChI is InChI=1S/C10H22S/c1-6-10(9(4)5)11-7-8(2)3/h8-10H,6-7H2,1-5H3. The van der Waals surface area contributed by atoms with Crippen LogP contribution in [0.4, 0.5) is 0 Å². The van der Waals surface area contributed by atoms with Crippen LogP contribution in [-0.2, 0) is 0 Å². The zero-order valence-corrected chi connectivity index (χ0v) is 9.37. The van der Waals surface area contributed by atoms with Crippen molar-refractivity contribution in [2.24, 2.45) is 11.8 Å². The molecule has 0 rings (SSSR count). The zero-order chi connectivity index (χ0) is 8.85. The highest BCUT2D eigenvalue weighted by Gasteiger charge is 2.11. The summed E-state index contributed by atoms with van der Waals surface area (Å²) in [4.78, 5) is 0. The Morgan fingerprint density at radius 2 is 1.64 bits per heavy atom. The van der Waals surface area contributed by atoms with Gasteiger partial charge in [-0.1, -0.05) is 34.6 Å². The largest absolute Gasteiger partial charge is 0.158 e. The van der Waals surface area contributed by atoms with E-state index in [4.69, 9.17) is 0 Å². The highest BCUT2D eigenvalue weighted by atomic mass is 32.2. The number of rotatable bonds is 5. The van der Waals surface area contributed by atoms with Gasteiger partial charge >= 0.3 is 0 Å². The fourth-order valence-corrected chi connectivity index (χ4v) is 2.35. The summed E-state index contributed by atoms with van der Waals surface area (Å²) in [5, 5.41) is 0.873. The third kappa shape index (κ3) is 5.60. The lowest BCUT2D eigenvalue weighted by Crippen LogP contribution is -2.11. The van der Waals surface area contributed by atoms with E-state index in [1.807, 2.05) is 0 Å². The van der Waals surface area contributed by atoms with Crippen LogP contribution in [0.1, 0.15) is 41.0 Å². The van der Waals surface area contributed by atoms with Gasteiger partial charge in [0, 0.05) is 5.25 Å². The van der Waals surface area contributed by atoms with Gasteiger partial charge in [0.05, 0.1) is 0 Å². The molecule has 11 heavy (non-hydrogen) atoms. The van der Waals surface area contributed by atoms with Crippen molar-refractivity contribution in [1.29, 1.82) is 0 Å². The van der Waals surface area contributed by atoms with E-state index in [2.05, 4.69) is 46.4 Å². The Balaban J connectivity index is 3.52. The number of thioether (sulfide) groups is 1. The first-order valence-electron chi connectivity index (χ1n) is 4.69. The maximum Gasteiger partial charge on any atom is 0.00675 e. The van der Waals surface area contributed by atoms with Crippen LogP contribution in [0.5, 0.6) is 0 Å². The van der Waals surface area contributed by atoms with Gasteiger partial charge in [0.25, 0.3) is 0 Å². The highest BCUT2D eigenvalue weighted by Crippen LogP contribution is 2.24. The van der Waals surface area contributed by atoms with Gasteiger partial charge < -0.3 is 0 Å². The summed E-state index contributed by atoms with van der Waals surface area (Å²) in [6, 6.07) is 0. The molecule has 0 bridgehead atoms. The summed E-state index contributed by atoms with van der Waals surface area (Å²) >= 11 is 2.14. The maximum atomic E-state index is 2.32. The summed E-state index contributed by atoms with van der Waals surface area (Å²) in [6.07, 6.45) is 1.31. The van der Waals surface area contributed by atoms with E-state index < -0.39 is 0 Å². The van der Waals surface area contributed by atoms with Crippen LogP contribution in [0.2, 0.25) is 0 Å². The molecule has 0 radical (unpaired) electrons. The second kappa shape index (κ2) is 5.93. The van der Waals surface area contributed by atoms with E-state index in [1.54, 1.807) is 0 Å². The minimum atomic E-state index is 0.837. The Bertz CT molecular complexity index is 86.9. The van der Waals surface area contributed by atoms with E-state index in [9.17, 15) is 0 Å². The van der Waals surface area contributed by atoms with Crippen LogP contribution in [0.25, 0.3) is 0 Å². The molecule has 1 heteroatoms. The van der Waals surface area contributed by atoms with Crippen molar-refractivity contribution in [3.8, 4) is 0 Å². The second-order valence-corrected chi connectivity index (χ2v) is 5.19. The van der Waals surface area contributed by atoms with Gasteiger partial charge in [0.2, 0.25) is 0 Å². The Labute approximate surface area is 76.1 Å². The van der Waals surface area contributed by atoms with Crippen LogP contribution in [0.3, 0.4) is 0 Å². The molecule has 0 aliphatic heterocycles. The van der Waals surface area contributed by atoms with Crippen molar-refractivity contribution >= 4 is 11.8 Å². The molecule has 0 amide bonds. The van der Waals surface area contributed by atoms with E-state index in [1.165, 1.54) is 12.2 Å². The van der Waals surface area contributed by atoms with Gasteiger partial charge in [-0.3, -0.25) is 0 Å². The number of hydrogen-bond donors (Lipinski definition) is 0.